The maximum absolute atomic E-state index is 14.1. The molecule has 6 aromatic heterocycles. The number of nitrogens with two attached hydrogens (primary N) is 3. The van der Waals surface area contributed by atoms with Crippen molar-refractivity contribution in [2.45, 2.75) is 127 Å². The van der Waals surface area contributed by atoms with Gasteiger partial charge < -0.3 is 46.5 Å². The van der Waals surface area contributed by atoms with E-state index in [1.165, 1.54) is 85.0 Å². The van der Waals surface area contributed by atoms with Gasteiger partial charge in [-0.2, -0.15) is 31.1 Å². The summed E-state index contributed by atoms with van der Waals surface area (Å²) in [5, 5.41) is 41.5. The van der Waals surface area contributed by atoms with Gasteiger partial charge in [0.1, 0.15) is 82.8 Å². The number of anilines is 3. The van der Waals surface area contributed by atoms with Crippen LogP contribution in [0.5, 0.6) is 17.6 Å². The van der Waals surface area contributed by atoms with Crippen molar-refractivity contribution < 1.29 is 63.3 Å². The van der Waals surface area contributed by atoms with Crippen molar-refractivity contribution in [2.24, 2.45) is 0 Å². The van der Waals surface area contributed by atoms with E-state index in [4.69, 9.17) is 41.9 Å². The van der Waals surface area contributed by atoms with Crippen LogP contribution in [-0.4, -0.2) is 121 Å². The number of nitriles is 3. The van der Waals surface area contributed by atoms with Crippen LogP contribution in [0.4, 0.5) is 57.0 Å². The Morgan fingerprint density at radius 1 is 0.702 bits per heavy atom. The van der Waals surface area contributed by atoms with E-state index in [0.29, 0.717) is 21.4 Å². The maximum Gasteiger partial charge on any atom is 0.258 e. The van der Waals surface area contributed by atoms with Crippen LogP contribution in [0, 0.1) is 55.0 Å². The Morgan fingerprint density at radius 2 is 1.19 bits per heavy atom. The van der Waals surface area contributed by atoms with Crippen LogP contribution in [0.15, 0.2) is 94.5 Å². The number of carbonyl (C=O) groups is 2. The second kappa shape index (κ2) is 40.0. The van der Waals surface area contributed by atoms with Crippen molar-refractivity contribution in [3.05, 3.63) is 178 Å². The third kappa shape index (κ3) is 23.1. The minimum Gasteiger partial charge on any atom is -0.467 e. The molecule has 3 atom stereocenters. The van der Waals surface area contributed by atoms with E-state index in [0.717, 1.165) is 41.4 Å². The molecule has 0 spiro atoms. The zero-order valence-electron chi connectivity index (χ0n) is 53.2. The van der Waals surface area contributed by atoms with Crippen molar-refractivity contribution in [3.63, 3.8) is 0 Å². The average molecular weight is 1700 g/mol. The van der Waals surface area contributed by atoms with E-state index in [1.807, 2.05) is 12.1 Å². The zero-order valence-corrected chi connectivity index (χ0v) is 58.5. The Bertz CT molecular complexity index is 4550. The zero-order chi connectivity index (χ0) is 73.4. The summed E-state index contributed by atoms with van der Waals surface area (Å²) in [5.74, 6) is -2.27. The number of ether oxygens (including phenoxy) is 3. The molecule has 1 aliphatic rings. The summed E-state index contributed by atoms with van der Waals surface area (Å²) in [6, 6.07) is 20.1. The molecule has 0 fully saturated rings. The highest BCUT2D eigenvalue weighted by molar-refractivity contribution is 14.1. The summed E-state index contributed by atoms with van der Waals surface area (Å²) in [7, 11) is 4.61. The fourth-order valence-electron chi connectivity index (χ4n) is 9.49. The average Bonchev–Trinajstić information content (AvgIpc) is 1.55. The number of nitrogen functional groups attached to an aromatic ring is 3. The van der Waals surface area contributed by atoms with Gasteiger partial charge in [-0.3, -0.25) is 23.6 Å². The number of halogens is 12. The van der Waals surface area contributed by atoms with E-state index in [9.17, 15) is 54.4 Å². The minimum atomic E-state index is -2.76. The fraction of sp³-hybridized carbons (Fsp3) is 0.333. The van der Waals surface area contributed by atoms with E-state index in [-0.39, 0.29) is 152 Å². The van der Waals surface area contributed by atoms with Crippen LogP contribution in [0.1, 0.15) is 140 Å². The number of nitrogens with one attached hydrogen (secondary N) is 1. The number of benzene rings is 3. The number of nitrogens with zero attached hydrogens (tertiary/aromatic N) is 17. The van der Waals surface area contributed by atoms with Crippen molar-refractivity contribution in [1.29, 1.82) is 15.8 Å². The highest BCUT2D eigenvalue weighted by Gasteiger charge is 2.30. The number of hydrogen-bond acceptors (Lipinski definition) is 21. The van der Waals surface area contributed by atoms with Crippen LogP contribution < -0.4 is 36.7 Å². The molecule has 2 bridgehead atoms. The van der Waals surface area contributed by atoms with Gasteiger partial charge in [0.15, 0.2) is 34.5 Å². The molecule has 2 amide bonds. The lowest BCUT2D eigenvalue weighted by atomic mass is 10.0. The van der Waals surface area contributed by atoms with Gasteiger partial charge in [0.05, 0.1) is 60.0 Å². The molecule has 0 radical (unpaired) electrons. The Labute approximate surface area is 623 Å². The molecule has 7 N–H and O–H groups in total. The number of amides is 2. The summed E-state index contributed by atoms with van der Waals surface area (Å²) < 4.78 is 140. The molecule has 0 saturated carbocycles. The van der Waals surface area contributed by atoms with Crippen molar-refractivity contribution in [2.75, 3.05) is 38.3 Å². The monoisotopic (exact) mass is 1700 g/mol. The normalized spacial score (nSPS) is 12.5. The summed E-state index contributed by atoms with van der Waals surface area (Å²) in [4.78, 5) is 53.4. The van der Waals surface area contributed by atoms with E-state index in [2.05, 4.69) is 105 Å². The molecule has 7 heterocycles. The molecule has 3 aromatic carbocycles. The SMILES string of the molecule is C.C.C.C.CNCc1cc(C#N)nn1CC(F)F.C[C@@H](Oc1nc(Br)cnc1N)c1cc(F)ccc1C(=O)N(C)Cc1cc(C#N)nn1CC(F)F.C[C@@H](Oc1nc(Br)cnc1N)c1cc(F)ccc1I.C[C@H]1Oc2nc(cnc2N)-c2c(C#N)nn(CC(F)F)c2CN(C)C(=O)c2ccc(F)cc21. The van der Waals surface area contributed by atoms with Gasteiger partial charge >= 0.3 is 0 Å². The number of carbonyl (C=O) groups excluding carboxylic acids is 2. The summed E-state index contributed by atoms with van der Waals surface area (Å²) in [6.07, 6.45) is -5.84. The number of rotatable bonds is 17. The summed E-state index contributed by atoms with van der Waals surface area (Å²) in [6.45, 7) is 3.12. The van der Waals surface area contributed by atoms with Gasteiger partial charge in [-0.05, 0) is 149 Å². The van der Waals surface area contributed by atoms with E-state index in [1.54, 1.807) is 40.0 Å². The number of alkyl halides is 6. The van der Waals surface area contributed by atoms with Crippen LogP contribution in [0.2, 0.25) is 0 Å². The van der Waals surface area contributed by atoms with Gasteiger partial charge in [-0.15, -0.1) is 0 Å². The molecule has 0 saturated heterocycles. The van der Waals surface area contributed by atoms with Gasteiger partial charge in [0.25, 0.3) is 48.7 Å². The highest BCUT2D eigenvalue weighted by Crippen LogP contribution is 2.36. The maximum atomic E-state index is 14.1. The predicted octanol–water partition coefficient (Wildman–Crippen LogP) is 13.6. The van der Waals surface area contributed by atoms with Crippen molar-refractivity contribution >= 4 is 83.7 Å². The molecule has 38 heteroatoms. The lowest BCUT2D eigenvalue weighted by molar-refractivity contribution is 0.0764. The van der Waals surface area contributed by atoms with E-state index < -0.39 is 74.6 Å². The van der Waals surface area contributed by atoms with Crippen LogP contribution >= 0.6 is 54.5 Å². The van der Waals surface area contributed by atoms with Crippen LogP contribution in [0.25, 0.3) is 11.3 Å². The molecular weight excluding hydrogens is 1620 g/mol. The highest BCUT2D eigenvalue weighted by atomic mass is 127. The molecule has 26 nitrogen and oxygen atoms in total. The standard InChI is InChI=1S/C21H19BrF3N7O2.C21H18F3N7O2.C12H10BrFIN3O.C8H10F2N4.4CH4/c1-11(34-20-19(27)28-8-17(22)29-20)16-5-12(23)3-4-15(16)21(33)31(2)9-14-6-13(7-26)30-32(14)10-18(24)25;1-10-13-5-11(22)3-4-12(13)21(32)30(2)8-16-18(14(6-25)29-31(16)9-17(23)24)15-7-27-19(26)20(28-15)33-10;1-6(8-4-7(14)2-3-9(8)15)19-12-11(16)17-5-10(13)18-12;1-12-4-7-2-6(3-11)13-14(7)5-8(9)10;;;;/h3-6,8,11,18H,9-10H2,1-2H3,(H2,27,28);3-5,7,10,17H,8-9H2,1-2H3,(H2,26,27);2-6H,1H3,(H2,16,17);2,8,12H,4-5H2,1H3;4*1H4/t11-;10-;6-;;;;;/m111...../s1. The fourth-order valence-corrected chi connectivity index (χ4v) is 10.8. The second-order valence-electron chi connectivity index (χ2n) is 21.2. The second-order valence-corrected chi connectivity index (χ2v) is 24.0. The van der Waals surface area contributed by atoms with Crippen molar-refractivity contribution in [3.8, 4) is 47.1 Å². The van der Waals surface area contributed by atoms with Gasteiger partial charge in [0.2, 0.25) is 0 Å². The molecule has 10 rings (SSSR count). The van der Waals surface area contributed by atoms with E-state index >= 15 is 0 Å². The molecular formula is C66H73Br2F9IN21O5. The molecule has 9 aromatic rings. The quantitative estimate of drug-likeness (QED) is 0.0486. The third-order valence-electron chi connectivity index (χ3n) is 14.0. The smallest absolute Gasteiger partial charge is 0.258 e. The topological polar surface area (TPSA) is 361 Å². The lowest BCUT2D eigenvalue weighted by Crippen LogP contribution is -2.30. The molecule has 556 valence electrons. The van der Waals surface area contributed by atoms with Crippen molar-refractivity contribution in [1.82, 2.24) is 74.4 Å². The van der Waals surface area contributed by atoms with Crippen LogP contribution in [-0.2, 0) is 39.3 Å². The van der Waals surface area contributed by atoms with Gasteiger partial charge in [-0.25, -0.2) is 69.4 Å². The lowest BCUT2D eigenvalue weighted by Gasteiger charge is -2.24. The first-order valence-electron chi connectivity index (χ1n) is 29.1. The Kier molecular flexibility index (Phi) is 33.8. The summed E-state index contributed by atoms with van der Waals surface area (Å²) in [5.41, 5.74) is 20.1. The predicted molar refractivity (Wildman–Crippen MR) is 383 cm³/mol. The first kappa shape index (κ1) is 88.0. The first-order chi connectivity index (χ1) is 47.4. The Hall–Kier alpha value is -10.2. The molecule has 0 unspecified atom stereocenters. The summed E-state index contributed by atoms with van der Waals surface area (Å²) >= 11 is 8.49. The number of hydrogen-bond donors (Lipinski definition) is 4. The largest absolute Gasteiger partial charge is 0.467 e. The van der Waals surface area contributed by atoms with Gasteiger partial charge in [-0.1, -0.05) is 29.7 Å². The first-order valence-corrected chi connectivity index (χ1v) is 31.7. The van der Waals surface area contributed by atoms with Gasteiger partial charge in [0, 0.05) is 52.0 Å². The Balaban J connectivity index is 0.000000374. The van der Waals surface area contributed by atoms with Crippen LogP contribution in [0.3, 0.4) is 0 Å². The molecule has 104 heavy (non-hydrogen) atoms. The number of aromatic nitrogens is 12. The third-order valence-corrected chi connectivity index (χ3v) is 15.8. The Morgan fingerprint density at radius 3 is 1.73 bits per heavy atom. The molecule has 1 aliphatic heterocycles. The molecule has 0 aliphatic carbocycles. The number of fused-ring (bicyclic) bond motifs is 5. The minimum absolute atomic E-state index is 0.